The third-order valence-electron chi connectivity index (χ3n) is 7.76. The SMILES string of the molecule is O=C1NC23CCCCCCCCC(CCC2O)(C3)N1C1OC(COP(=O)(O)O)C(O)C1O. The van der Waals surface area contributed by atoms with Crippen LogP contribution in [-0.2, 0) is 13.8 Å². The van der Waals surface area contributed by atoms with Gasteiger partial charge in [-0.3, -0.25) is 9.42 Å². The van der Waals surface area contributed by atoms with Gasteiger partial charge in [0, 0.05) is 5.54 Å². The summed E-state index contributed by atoms with van der Waals surface area (Å²) in [6.45, 7) is -0.621. The van der Waals surface area contributed by atoms with Crippen LogP contribution in [0.25, 0.3) is 0 Å². The number of rotatable bonds is 4. The number of urea groups is 1. The number of carbonyl (C=O) groups excluding carboxylic acids is 1. The highest BCUT2D eigenvalue weighted by atomic mass is 31.2. The second-order valence-corrected chi connectivity index (χ2v) is 11.1. The fourth-order valence-corrected chi connectivity index (χ4v) is 6.53. The van der Waals surface area contributed by atoms with Crippen LogP contribution < -0.4 is 5.32 Å². The third kappa shape index (κ3) is 4.59. The maximum absolute atomic E-state index is 13.4. The molecule has 7 atom stereocenters. The number of phosphoric acid groups is 1. The summed E-state index contributed by atoms with van der Waals surface area (Å²) in [5.74, 6) is 0. The Bertz CT molecular complexity index is 751. The van der Waals surface area contributed by atoms with Crippen molar-refractivity contribution in [1.29, 1.82) is 0 Å². The Hall–Kier alpha value is -0.780. The molecule has 2 saturated heterocycles. The van der Waals surface area contributed by atoms with Crippen LogP contribution in [0.15, 0.2) is 0 Å². The quantitative estimate of drug-likeness (QED) is 0.319. The minimum Gasteiger partial charge on any atom is -0.391 e. The lowest BCUT2D eigenvalue weighted by Crippen LogP contribution is -2.77. The lowest BCUT2D eigenvalue weighted by atomic mass is 9.63. The number of hydrogen-bond donors (Lipinski definition) is 6. The molecule has 184 valence electrons. The summed E-state index contributed by atoms with van der Waals surface area (Å²) < 4.78 is 21.3. The van der Waals surface area contributed by atoms with Gasteiger partial charge in [-0.25, -0.2) is 9.36 Å². The van der Waals surface area contributed by atoms with Gasteiger partial charge < -0.3 is 35.2 Å². The molecule has 2 amide bonds. The highest BCUT2D eigenvalue weighted by Crippen LogP contribution is 2.50. The zero-order valence-electron chi connectivity index (χ0n) is 18.1. The number of hydrogen-bond acceptors (Lipinski definition) is 7. The molecule has 4 aliphatic rings. The molecule has 11 nitrogen and oxygen atoms in total. The first-order valence-electron chi connectivity index (χ1n) is 11.6. The van der Waals surface area contributed by atoms with Crippen molar-refractivity contribution >= 4 is 13.9 Å². The first-order valence-corrected chi connectivity index (χ1v) is 13.1. The fourth-order valence-electron chi connectivity index (χ4n) is 6.19. The van der Waals surface area contributed by atoms with E-state index in [-0.39, 0.29) is 0 Å². The van der Waals surface area contributed by atoms with Crippen LogP contribution in [0, 0.1) is 0 Å². The van der Waals surface area contributed by atoms with Crippen LogP contribution in [0.2, 0.25) is 0 Å². The van der Waals surface area contributed by atoms with E-state index in [0.717, 1.165) is 38.5 Å². The Morgan fingerprint density at radius 1 is 1.03 bits per heavy atom. The summed E-state index contributed by atoms with van der Waals surface area (Å²) in [4.78, 5) is 32.9. The van der Waals surface area contributed by atoms with Crippen molar-refractivity contribution in [3.05, 3.63) is 0 Å². The Labute approximate surface area is 187 Å². The van der Waals surface area contributed by atoms with Crippen molar-refractivity contribution in [1.82, 2.24) is 10.2 Å². The molecule has 2 heterocycles. The summed E-state index contributed by atoms with van der Waals surface area (Å²) in [5.41, 5.74) is -1.36. The summed E-state index contributed by atoms with van der Waals surface area (Å²) >= 11 is 0. The van der Waals surface area contributed by atoms with Crippen LogP contribution >= 0.6 is 7.82 Å². The Morgan fingerprint density at radius 3 is 2.38 bits per heavy atom. The number of aliphatic hydroxyl groups is 3. The van der Waals surface area contributed by atoms with Crippen LogP contribution in [0.4, 0.5) is 4.79 Å². The Balaban J connectivity index is 1.62. The fraction of sp³-hybridized carbons (Fsp3) is 0.950. The number of aliphatic hydroxyl groups excluding tert-OH is 3. The van der Waals surface area contributed by atoms with Gasteiger partial charge in [-0.2, -0.15) is 0 Å². The second kappa shape index (κ2) is 9.11. The third-order valence-corrected chi connectivity index (χ3v) is 8.25. The lowest BCUT2D eigenvalue weighted by Gasteiger charge is -2.61. The van der Waals surface area contributed by atoms with Crippen LogP contribution in [-0.4, -0.2) is 84.4 Å². The van der Waals surface area contributed by atoms with E-state index in [9.17, 15) is 24.7 Å². The predicted molar refractivity (Wildman–Crippen MR) is 111 cm³/mol. The molecule has 2 aliphatic carbocycles. The number of ether oxygens (including phenoxy) is 1. The van der Waals surface area contributed by atoms with Crippen LogP contribution in [0.3, 0.4) is 0 Å². The standard InChI is InChI=1S/C20H35N2O9P/c23-14-7-10-19-8-5-3-1-2-4-6-9-20(14,12-19)21-18(26)22(19)17-16(25)15(24)13(31-17)11-30-32(27,28)29/h13-17,23-25H,1-12H2,(H,21,26)(H2,27,28,29). The zero-order valence-corrected chi connectivity index (χ0v) is 19.0. The van der Waals surface area contributed by atoms with Gasteiger partial charge in [-0.15, -0.1) is 0 Å². The molecule has 7 unspecified atom stereocenters. The molecule has 2 aliphatic heterocycles. The number of nitrogens with zero attached hydrogens (tertiary/aromatic N) is 1. The molecule has 0 radical (unpaired) electrons. The molecule has 2 bridgehead atoms. The molecule has 0 aromatic heterocycles. The van der Waals surface area contributed by atoms with Crippen molar-refractivity contribution in [2.24, 2.45) is 0 Å². The summed E-state index contributed by atoms with van der Waals surface area (Å²) in [5, 5.41) is 35.1. The van der Waals surface area contributed by atoms with Crippen LogP contribution in [0.5, 0.6) is 0 Å². The van der Waals surface area contributed by atoms with E-state index in [1.54, 1.807) is 0 Å². The number of nitrogens with one attached hydrogen (secondary N) is 1. The van der Waals surface area contributed by atoms with E-state index >= 15 is 0 Å². The maximum Gasteiger partial charge on any atom is 0.469 e. The first kappa shape index (κ1) is 24.3. The van der Waals surface area contributed by atoms with Gasteiger partial charge in [0.2, 0.25) is 0 Å². The summed E-state index contributed by atoms with van der Waals surface area (Å²) in [6, 6.07) is -0.456. The van der Waals surface area contributed by atoms with E-state index in [2.05, 4.69) is 9.84 Å². The molecule has 0 aromatic carbocycles. The zero-order chi connectivity index (χ0) is 23.1. The largest absolute Gasteiger partial charge is 0.469 e. The molecular formula is C20H35N2O9P. The van der Waals surface area contributed by atoms with E-state index in [1.807, 2.05) is 0 Å². The second-order valence-electron chi connectivity index (χ2n) is 9.87. The minimum atomic E-state index is -4.79. The molecule has 2 saturated carbocycles. The molecule has 32 heavy (non-hydrogen) atoms. The smallest absolute Gasteiger partial charge is 0.391 e. The highest BCUT2D eigenvalue weighted by molar-refractivity contribution is 7.46. The number of carbonyl (C=O) groups is 1. The molecule has 0 aromatic rings. The molecule has 6 N–H and O–H groups in total. The topological polar surface area (TPSA) is 169 Å². The van der Waals surface area contributed by atoms with Gasteiger partial charge in [0.15, 0.2) is 6.23 Å². The van der Waals surface area contributed by atoms with Crippen LogP contribution in [0.1, 0.15) is 70.6 Å². The predicted octanol–water partition coefficient (Wildman–Crippen LogP) is 0.724. The van der Waals surface area contributed by atoms with Gasteiger partial charge in [0.05, 0.1) is 18.2 Å². The average Bonchev–Trinajstić information content (AvgIpc) is 2.97. The van der Waals surface area contributed by atoms with Gasteiger partial charge in [0.1, 0.15) is 18.3 Å². The first-order chi connectivity index (χ1) is 15.1. The van der Waals surface area contributed by atoms with Gasteiger partial charge in [-0.05, 0) is 32.1 Å². The Kier molecular flexibility index (Phi) is 6.93. The van der Waals surface area contributed by atoms with Crippen molar-refractivity contribution in [3.63, 3.8) is 0 Å². The summed E-state index contributed by atoms with van der Waals surface area (Å²) in [6.07, 6.45) is 3.12. The number of amides is 2. The van der Waals surface area contributed by atoms with Gasteiger partial charge >= 0.3 is 13.9 Å². The van der Waals surface area contributed by atoms with Gasteiger partial charge in [-0.1, -0.05) is 38.5 Å². The maximum atomic E-state index is 13.4. The molecule has 4 fully saturated rings. The van der Waals surface area contributed by atoms with E-state index in [1.165, 1.54) is 4.90 Å². The van der Waals surface area contributed by atoms with Crippen molar-refractivity contribution in [2.75, 3.05) is 6.61 Å². The summed E-state index contributed by atoms with van der Waals surface area (Å²) in [7, 11) is -4.79. The Morgan fingerprint density at radius 2 is 1.69 bits per heavy atom. The monoisotopic (exact) mass is 478 g/mol. The molecule has 0 spiro atoms. The van der Waals surface area contributed by atoms with Crippen molar-refractivity contribution in [2.45, 2.75) is 112 Å². The minimum absolute atomic E-state index is 0.456. The average molecular weight is 478 g/mol. The van der Waals surface area contributed by atoms with Gasteiger partial charge in [0.25, 0.3) is 0 Å². The highest BCUT2D eigenvalue weighted by Gasteiger charge is 2.62. The normalized spacial score (nSPS) is 43.5. The van der Waals surface area contributed by atoms with E-state index < -0.39 is 62.2 Å². The lowest BCUT2D eigenvalue weighted by molar-refractivity contribution is -0.157. The van der Waals surface area contributed by atoms with Crippen molar-refractivity contribution in [3.8, 4) is 0 Å². The molecular weight excluding hydrogens is 443 g/mol. The number of phosphoric ester groups is 1. The van der Waals surface area contributed by atoms with E-state index in [4.69, 9.17) is 14.5 Å². The molecule has 4 rings (SSSR count). The van der Waals surface area contributed by atoms with Crippen molar-refractivity contribution < 1.29 is 43.7 Å². The molecule has 12 heteroatoms. The van der Waals surface area contributed by atoms with E-state index in [0.29, 0.717) is 32.1 Å².